The highest BCUT2D eigenvalue weighted by atomic mass is 16.5. The van der Waals surface area contributed by atoms with Gasteiger partial charge in [-0.05, 0) is 47.3 Å². The maximum atomic E-state index is 14.2. The van der Waals surface area contributed by atoms with E-state index in [0.717, 1.165) is 22.0 Å². The van der Waals surface area contributed by atoms with Crippen molar-refractivity contribution in [3.8, 4) is 5.75 Å². The number of methoxy groups -OCH3 is 1. The van der Waals surface area contributed by atoms with Gasteiger partial charge in [0.05, 0.1) is 30.7 Å². The molecule has 2 saturated heterocycles. The van der Waals surface area contributed by atoms with Crippen LogP contribution in [-0.4, -0.2) is 36.8 Å². The first-order valence-corrected chi connectivity index (χ1v) is 12.7. The van der Waals surface area contributed by atoms with Crippen LogP contribution in [0.2, 0.25) is 0 Å². The number of ether oxygens (including phenoxy) is 1. The standard InChI is InChI=1S/C32H24N2O4/c1-38-22-16-13-21(14-17-22)30(35)29-28-27(26-18-15-20-8-3-5-11-24(20)33(26)29)31(36)34(32(28)37)25-12-6-9-19-7-2-4-10-23(19)25/h2-18,26-29H,1H3/t26-,27-,28+,29+/m1/s1. The van der Waals surface area contributed by atoms with Gasteiger partial charge in [-0.2, -0.15) is 0 Å². The van der Waals surface area contributed by atoms with E-state index in [1.807, 2.05) is 83.8 Å². The van der Waals surface area contributed by atoms with Crippen LogP contribution in [0, 0.1) is 11.8 Å². The molecule has 0 aromatic heterocycles. The fraction of sp³-hybridized carbons (Fsp3) is 0.156. The Hall–Kier alpha value is -4.71. The molecule has 0 N–H and O–H groups in total. The van der Waals surface area contributed by atoms with E-state index >= 15 is 0 Å². The monoisotopic (exact) mass is 500 g/mol. The Morgan fingerprint density at radius 3 is 2.26 bits per heavy atom. The van der Waals surface area contributed by atoms with Crippen molar-refractivity contribution in [1.29, 1.82) is 0 Å². The summed E-state index contributed by atoms with van der Waals surface area (Å²) in [5.41, 5.74) is 2.86. The molecule has 38 heavy (non-hydrogen) atoms. The third-order valence-corrected chi connectivity index (χ3v) is 8.07. The molecule has 3 heterocycles. The number of amides is 2. The van der Waals surface area contributed by atoms with Crippen molar-refractivity contribution in [1.82, 2.24) is 0 Å². The highest BCUT2D eigenvalue weighted by Crippen LogP contribution is 2.50. The van der Waals surface area contributed by atoms with Crippen LogP contribution in [0.1, 0.15) is 15.9 Å². The Bertz CT molecular complexity index is 1650. The van der Waals surface area contributed by atoms with E-state index < -0.39 is 23.9 Å². The predicted molar refractivity (Wildman–Crippen MR) is 146 cm³/mol. The quantitative estimate of drug-likeness (QED) is 0.287. The molecule has 4 atom stereocenters. The first kappa shape index (κ1) is 22.5. The average Bonchev–Trinajstić information content (AvgIpc) is 3.44. The lowest BCUT2D eigenvalue weighted by molar-refractivity contribution is -0.122. The molecule has 0 spiro atoms. The number of para-hydroxylation sites is 1. The number of nitrogens with zero attached hydrogens (tertiary/aromatic N) is 2. The minimum atomic E-state index is -0.819. The Labute approximate surface area is 219 Å². The molecule has 0 aliphatic carbocycles. The molecule has 4 aromatic carbocycles. The topological polar surface area (TPSA) is 66.9 Å². The van der Waals surface area contributed by atoms with Crippen LogP contribution in [-0.2, 0) is 9.59 Å². The van der Waals surface area contributed by atoms with Gasteiger partial charge in [-0.25, -0.2) is 4.90 Å². The molecule has 0 unspecified atom stereocenters. The number of hydrogen-bond donors (Lipinski definition) is 0. The summed E-state index contributed by atoms with van der Waals surface area (Å²) in [6, 6.07) is 26.8. The summed E-state index contributed by atoms with van der Waals surface area (Å²) in [5.74, 6) is -1.61. The molecular weight excluding hydrogens is 476 g/mol. The van der Waals surface area contributed by atoms with Gasteiger partial charge in [-0.15, -0.1) is 0 Å². The summed E-state index contributed by atoms with van der Waals surface area (Å²) >= 11 is 0. The maximum absolute atomic E-state index is 14.2. The molecular formula is C32H24N2O4. The van der Waals surface area contributed by atoms with E-state index in [1.165, 1.54) is 4.90 Å². The minimum Gasteiger partial charge on any atom is -0.497 e. The van der Waals surface area contributed by atoms with Crippen LogP contribution in [0.3, 0.4) is 0 Å². The van der Waals surface area contributed by atoms with Crippen molar-refractivity contribution in [2.75, 3.05) is 16.9 Å². The normalized spacial score (nSPS) is 23.4. The molecule has 4 aromatic rings. The molecule has 186 valence electrons. The Balaban J connectivity index is 1.38. The minimum absolute atomic E-state index is 0.184. The largest absolute Gasteiger partial charge is 0.497 e. The molecule has 0 bridgehead atoms. The van der Waals surface area contributed by atoms with Gasteiger partial charge in [0.15, 0.2) is 5.78 Å². The third kappa shape index (κ3) is 3.10. The van der Waals surface area contributed by atoms with Crippen LogP contribution in [0.4, 0.5) is 11.4 Å². The van der Waals surface area contributed by atoms with Gasteiger partial charge in [-0.3, -0.25) is 14.4 Å². The lowest BCUT2D eigenvalue weighted by atomic mass is 9.86. The van der Waals surface area contributed by atoms with E-state index in [0.29, 0.717) is 17.0 Å². The number of ketones is 1. The first-order valence-electron chi connectivity index (χ1n) is 12.7. The number of carbonyl (C=O) groups is 3. The van der Waals surface area contributed by atoms with Crippen molar-refractivity contribution in [3.05, 3.63) is 108 Å². The van der Waals surface area contributed by atoms with Gasteiger partial charge in [0.25, 0.3) is 0 Å². The summed E-state index contributed by atoms with van der Waals surface area (Å²) < 4.78 is 5.27. The first-order chi connectivity index (χ1) is 18.6. The van der Waals surface area contributed by atoms with Crippen LogP contribution in [0.25, 0.3) is 16.8 Å². The van der Waals surface area contributed by atoms with Crippen LogP contribution in [0.5, 0.6) is 5.75 Å². The average molecular weight is 501 g/mol. The molecule has 0 saturated carbocycles. The van der Waals surface area contributed by atoms with E-state index in [-0.39, 0.29) is 17.6 Å². The third-order valence-electron chi connectivity index (χ3n) is 8.07. The SMILES string of the molecule is COc1ccc(C(=O)[C@@H]2[C@H]3C(=O)N(c4cccc5ccccc45)C(=O)[C@@H]3[C@H]3C=Cc4ccccc4N32)cc1. The molecule has 0 radical (unpaired) electrons. The summed E-state index contributed by atoms with van der Waals surface area (Å²) in [4.78, 5) is 45.8. The van der Waals surface area contributed by atoms with E-state index in [2.05, 4.69) is 0 Å². The number of anilines is 2. The summed E-state index contributed by atoms with van der Waals surface area (Å²) in [6.45, 7) is 0. The number of fused-ring (bicyclic) bond motifs is 6. The number of rotatable bonds is 4. The van der Waals surface area contributed by atoms with Crippen molar-refractivity contribution < 1.29 is 19.1 Å². The van der Waals surface area contributed by atoms with E-state index in [4.69, 9.17) is 4.74 Å². The summed E-state index contributed by atoms with van der Waals surface area (Å²) in [5, 5.41) is 1.78. The van der Waals surface area contributed by atoms with Crippen LogP contribution < -0.4 is 14.5 Å². The molecule has 7 rings (SSSR count). The summed E-state index contributed by atoms with van der Waals surface area (Å²) in [6.07, 6.45) is 3.96. The Kier molecular flexibility index (Phi) is 4.98. The van der Waals surface area contributed by atoms with E-state index in [1.54, 1.807) is 31.4 Å². The van der Waals surface area contributed by atoms with Crippen LogP contribution >= 0.6 is 0 Å². The lowest BCUT2D eigenvalue weighted by Crippen LogP contribution is -2.48. The van der Waals surface area contributed by atoms with Gasteiger partial charge >= 0.3 is 0 Å². The van der Waals surface area contributed by atoms with Gasteiger partial charge in [0.1, 0.15) is 11.8 Å². The zero-order valence-corrected chi connectivity index (χ0v) is 20.7. The fourth-order valence-electron chi connectivity index (χ4n) is 6.38. The highest BCUT2D eigenvalue weighted by Gasteiger charge is 2.64. The van der Waals surface area contributed by atoms with Crippen LogP contribution in [0.15, 0.2) is 97.1 Å². The molecule has 2 amide bonds. The van der Waals surface area contributed by atoms with Crippen molar-refractivity contribution >= 4 is 45.8 Å². The Morgan fingerprint density at radius 2 is 1.45 bits per heavy atom. The number of hydrogen-bond acceptors (Lipinski definition) is 5. The predicted octanol–water partition coefficient (Wildman–Crippen LogP) is 5.12. The number of benzene rings is 4. The van der Waals surface area contributed by atoms with Crippen molar-refractivity contribution in [3.63, 3.8) is 0 Å². The molecule has 6 heteroatoms. The van der Waals surface area contributed by atoms with Crippen molar-refractivity contribution in [2.45, 2.75) is 12.1 Å². The van der Waals surface area contributed by atoms with Gasteiger partial charge in [0, 0.05) is 16.6 Å². The maximum Gasteiger partial charge on any atom is 0.240 e. The molecule has 6 nitrogen and oxygen atoms in total. The Morgan fingerprint density at radius 1 is 0.763 bits per heavy atom. The number of imide groups is 1. The number of carbonyl (C=O) groups excluding carboxylic acids is 3. The molecule has 3 aliphatic heterocycles. The van der Waals surface area contributed by atoms with Gasteiger partial charge in [-0.1, -0.05) is 66.7 Å². The van der Waals surface area contributed by atoms with Gasteiger partial charge < -0.3 is 9.64 Å². The zero-order valence-electron chi connectivity index (χ0n) is 20.7. The smallest absolute Gasteiger partial charge is 0.240 e. The second-order valence-electron chi connectivity index (χ2n) is 9.92. The van der Waals surface area contributed by atoms with Gasteiger partial charge in [0.2, 0.25) is 11.8 Å². The molecule has 3 aliphatic rings. The lowest BCUT2D eigenvalue weighted by Gasteiger charge is -2.36. The second kappa shape index (κ2) is 8.42. The van der Waals surface area contributed by atoms with Crippen molar-refractivity contribution in [2.24, 2.45) is 11.8 Å². The fourth-order valence-corrected chi connectivity index (χ4v) is 6.38. The number of Topliss-reactive ketones (excluding diaryl/α,β-unsaturated/α-hetero) is 1. The van der Waals surface area contributed by atoms with E-state index in [9.17, 15) is 14.4 Å². The zero-order chi connectivity index (χ0) is 26.0. The highest BCUT2D eigenvalue weighted by molar-refractivity contribution is 6.27. The second-order valence-corrected chi connectivity index (χ2v) is 9.92. The summed E-state index contributed by atoms with van der Waals surface area (Å²) in [7, 11) is 1.57. The molecule has 2 fully saturated rings.